The van der Waals surface area contributed by atoms with E-state index in [0.717, 1.165) is 18.9 Å². The molecule has 0 radical (unpaired) electrons. The van der Waals surface area contributed by atoms with Crippen molar-refractivity contribution in [3.8, 4) is 0 Å². The van der Waals surface area contributed by atoms with Gasteiger partial charge in [-0.3, -0.25) is 10.1 Å². The molecule has 1 fully saturated rings. The number of anilines is 1. The van der Waals surface area contributed by atoms with Crippen molar-refractivity contribution in [3.05, 3.63) is 34.1 Å². The van der Waals surface area contributed by atoms with Gasteiger partial charge in [0.15, 0.2) is 5.82 Å². The van der Waals surface area contributed by atoms with Crippen molar-refractivity contribution in [1.29, 1.82) is 0 Å². The lowest BCUT2D eigenvalue weighted by Crippen LogP contribution is -2.35. The average molecular weight is 254 g/mol. The Morgan fingerprint density at radius 1 is 1.44 bits per heavy atom. The standard InChI is InChI=1S/C12H15FN2O3/c13-11-7-10(15(17)18)1-2-12(11)14-5-3-9(8-16)4-6-14/h1-2,7,9,16H,3-6,8H2. The van der Waals surface area contributed by atoms with Crippen LogP contribution in [0.15, 0.2) is 18.2 Å². The van der Waals surface area contributed by atoms with Crippen LogP contribution in [0.2, 0.25) is 0 Å². The van der Waals surface area contributed by atoms with Crippen molar-refractivity contribution >= 4 is 11.4 Å². The number of nitro groups is 1. The average Bonchev–Trinajstić information content (AvgIpc) is 2.38. The number of aliphatic hydroxyl groups is 1. The first-order valence-corrected chi connectivity index (χ1v) is 5.91. The number of benzene rings is 1. The van der Waals surface area contributed by atoms with Gasteiger partial charge in [0, 0.05) is 25.8 Å². The normalized spacial score (nSPS) is 16.9. The van der Waals surface area contributed by atoms with Crippen molar-refractivity contribution < 1.29 is 14.4 Å². The van der Waals surface area contributed by atoms with Crippen LogP contribution in [0.3, 0.4) is 0 Å². The summed E-state index contributed by atoms with van der Waals surface area (Å²) in [6.07, 6.45) is 1.62. The van der Waals surface area contributed by atoms with Gasteiger partial charge in [0.05, 0.1) is 16.7 Å². The first-order valence-electron chi connectivity index (χ1n) is 5.91. The first-order chi connectivity index (χ1) is 8.61. The molecule has 6 heteroatoms. The number of nitrogens with zero attached hydrogens (tertiary/aromatic N) is 2. The van der Waals surface area contributed by atoms with Crippen molar-refractivity contribution in [2.24, 2.45) is 5.92 Å². The summed E-state index contributed by atoms with van der Waals surface area (Å²) in [5.74, 6) is -0.283. The first kappa shape index (κ1) is 12.8. The third-order valence-corrected chi connectivity index (χ3v) is 3.36. The van der Waals surface area contributed by atoms with Gasteiger partial charge in [0.2, 0.25) is 0 Å². The van der Waals surface area contributed by atoms with Crippen LogP contribution >= 0.6 is 0 Å². The molecular weight excluding hydrogens is 239 g/mol. The summed E-state index contributed by atoms with van der Waals surface area (Å²) in [6, 6.07) is 3.72. The molecule has 0 atom stereocenters. The van der Waals surface area contributed by atoms with E-state index in [2.05, 4.69) is 0 Å². The highest BCUT2D eigenvalue weighted by molar-refractivity contribution is 5.52. The molecule has 1 aliphatic heterocycles. The number of non-ortho nitro benzene ring substituents is 1. The topological polar surface area (TPSA) is 66.6 Å². The van der Waals surface area contributed by atoms with Gasteiger partial charge in [0.25, 0.3) is 5.69 Å². The van der Waals surface area contributed by atoms with Crippen LogP contribution in [-0.4, -0.2) is 29.7 Å². The summed E-state index contributed by atoms with van der Waals surface area (Å²) in [5.41, 5.74) is 0.165. The van der Waals surface area contributed by atoms with E-state index in [1.54, 1.807) is 0 Å². The highest BCUT2D eigenvalue weighted by Gasteiger charge is 2.21. The molecule has 1 aromatic rings. The lowest BCUT2D eigenvalue weighted by atomic mass is 9.97. The number of nitro benzene ring substituents is 1. The molecule has 1 saturated heterocycles. The van der Waals surface area contributed by atoms with Crippen molar-refractivity contribution in [2.75, 3.05) is 24.6 Å². The van der Waals surface area contributed by atoms with Gasteiger partial charge in [-0.1, -0.05) is 0 Å². The van der Waals surface area contributed by atoms with E-state index in [-0.39, 0.29) is 18.2 Å². The Morgan fingerprint density at radius 2 is 2.11 bits per heavy atom. The van der Waals surface area contributed by atoms with Crippen LogP contribution in [0.25, 0.3) is 0 Å². The molecule has 1 heterocycles. The number of halogens is 1. The van der Waals surface area contributed by atoms with E-state index in [1.807, 2.05) is 4.90 Å². The molecule has 1 aliphatic rings. The predicted molar refractivity (Wildman–Crippen MR) is 65.1 cm³/mol. The summed E-state index contributed by atoms with van der Waals surface area (Å²) >= 11 is 0. The zero-order valence-corrected chi connectivity index (χ0v) is 9.88. The van der Waals surface area contributed by atoms with Gasteiger partial charge in [-0.2, -0.15) is 0 Å². The maximum absolute atomic E-state index is 13.8. The Bertz CT molecular complexity index is 445. The zero-order valence-electron chi connectivity index (χ0n) is 9.88. The minimum atomic E-state index is -0.606. The number of piperidine rings is 1. The molecule has 0 aromatic heterocycles. The largest absolute Gasteiger partial charge is 0.396 e. The number of aliphatic hydroxyl groups excluding tert-OH is 1. The summed E-state index contributed by atoms with van der Waals surface area (Å²) < 4.78 is 13.8. The third-order valence-electron chi connectivity index (χ3n) is 3.36. The van der Waals surface area contributed by atoms with Crippen LogP contribution in [0.5, 0.6) is 0 Å². The molecular formula is C12H15FN2O3. The summed E-state index contributed by atoms with van der Waals surface area (Å²) in [5, 5.41) is 19.6. The van der Waals surface area contributed by atoms with E-state index >= 15 is 0 Å². The minimum Gasteiger partial charge on any atom is -0.396 e. The van der Waals surface area contributed by atoms with Gasteiger partial charge < -0.3 is 10.0 Å². The quantitative estimate of drug-likeness (QED) is 0.661. The SMILES string of the molecule is O=[N+]([O-])c1ccc(N2CCC(CO)CC2)c(F)c1. The molecule has 0 bridgehead atoms. The van der Waals surface area contributed by atoms with Gasteiger partial charge in [-0.25, -0.2) is 4.39 Å². The van der Waals surface area contributed by atoms with Crippen LogP contribution in [0.1, 0.15) is 12.8 Å². The van der Waals surface area contributed by atoms with E-state index in [1.165, 1.54) is 12.1 Å². The molecule has 0 aliphatic carbocycles. The Morgan fingerprint density at radius 3 is 2.61 bits per heavy atom. The molecule has 5 nitrogen and oxygen atoms in total. The van der Waals surface area contributed by atoms with E-state index in [9.17, 15) is 14.5 Å². The monoisotopic (exact) mass is 254 g/mol. The fourth-order valence-corrected chi connectivity index (χ4v) is 2.22. The van der Waals surface area contributed by atoms with Gasteiger partial charge in [0.1, 0.15) is 0 Å². The van der Waals surface area contributed by atoms with Crippen molar-refractivity contribution in [1.82, 2.24) is 0 Å². The maximum Gasteiger partial charge on any atom is 0.272 e. The summed E-state index contributed by atoms with van der Waals surface area (Å²) in [7, 11) is 0. The Hall–Kier alpha value is -1.69. The smallest absolute Gasteiger partial charge is 0.272 e. The second-order valence-electron chi connectivity index (χ2n) is 4.51. The van der Waals surface area contributed by atoms with Gasteiger partial charge in [-0.15, -0.1) is 0 Å². The highest BCUT2D eigenvalue weighted by atomic mass is 19.1. The fourth-order valence-electron chi connectivity index (χ4n) is 2.22. The highest BCUT2D eigenvalue weighted by Crippen LogP contribution is 2.27. The maximum atomic E-state index is 13.8. The van der Waals surface area contributed by atoms with Gasteiger partial charge in [-0.05, 0) is 24.8 Å². The Kier molecular flexibility index (Phi) is 3.76. The molecule has 0 spiro atoms. The third kappa shape index (κ3) is 2.59. The van der Waals surface area contributed by atoms with Crippen LogP contribution < -0.4 is 4.90 Å². The van der Waals surface area contributed by atoms with Gasteiger partial charge >= 0.3 is 0 Å². The summed E-state index contributed by atoms with van der Waals surface area (Å²) in [4.78, 5) is 11.8. The van der Waals surface area contributed by atoms with E-state index < -0.39 is 10.7 Å². The number of hydrogen-bond donors (Lipinski definition) is 1. The molecule has 0 unspecified atom stereocenters. The molecule has 0 saturated carbocycles. The molecule has 1 aromatic carbocycles. The molecule has 98 valence electrons. The minimum absolute atomic E-state index is 0.163. The zero-order chi connectivity index (χ0) is 13.1. The van der Waals surface area contributed by atoms with Crippen LogP contribution in [0.4, 0.5) is 15.8 Å². The van der Waals surface area contributed by atoms with Crippen LogP contribution in [-0.2, 0) is 0 Å². The Labute approximate surface area is 104 Å². The lowest BCUT2D eigenvalue weighted by Gasteiger charge is -2.32. The van der Waals surface area contributed by atoms with Crippen molar-refractivity contribution in [2.45, 2.75) is 12.8 Å². The lowest BCUT2D eigenvalue weighted by molar-refractivity contribution is -0.385. The van der Waals surface area contributed by atoms with Crippen molar-refractivity contribution in [3.63, 3.8) is 0 Å². The number of rotatable bonds is 3. The number of hydrogen-bond acceptors (Lipinski definition) is 4. The molecule has 0 amide bonds. The van der Waals surface area contributed by atoms with Crippen LogP contribution in [0, 0.1) is 21.8 Å². The predicted octanol–water partition coefficient (Wildman–Crippen LogP) is 1.94. The second kappa shape index (κ2) is 5.30. The van der Waals surface area contributed by atoms with E-state index in [4.69, 9.17) is 5.11 Å². The molecule has 2 rings (SSSR count). The second-order valence-corrected chi connectivity index (χ2v) is 4.51. The molecule has 18 heavy (non-hydrogen) atoms. The Balaban J connectivity index is 2.12. The molecule has 1 N–H and O–H groups in total. The van der Waals surface area contributed by atoms with E-state index in [0.29, 0.717) is 18.8 Å². The fraction of sp³-hybridized carbons (Fsp3) is 0.500. The summed E-state index contributed by atoms with van der Waals surface area (Å²) in [6.45, 7) is 1.50.